The molecular weight excluding hydrogens is 249 g/mol. The Labute approximate surface area is 101 Å². The fourth-order valence-electron chi connectivity index (χ4n) is 2.20. The lowest BCUT2D eigenvalue weighted by atomic mass is 9.75. The fourth-order valence-corrected chi connectivity index (χ4v) is 2.20. The van der Waals surface area contributed by atoms with Crippen molar-refractivity contribution < 1.29 is 27.8 Å². The van der Waals surface area contributed by atoms with Gasteiger partial charge in [0.25, 0.3) is 5.60 Å². The van der Waals surface area contributed by atoms with Crippen LogP contribution in [0.5, 0.6) is 0 Å². The maximum absolute atomic E-state index is 12.8. The highest BCUT2D eigenvalue weighted by Gasteiger charge is 2.73. The van der Waals surface area contributed by atoms with E-state index in [0.29, 0.717) is 5.56 Å². The zero-order valence-electron chi connectivity index (χ0n) is 9.49. The van der Waals surface area contributed by atoms with Crippen LogP contribution in [0.25, 0.3) is 0 Å². The highest BCUT2D eigenvalue weighted by Crippen LogP contribution is 2.55. The molecule has 2 rings (SSSR count). The summed E-state index contributed by atoms with van der Waals surface area (Å²) in [5.41, 5.74) is -3.77. The van der Waals surface area contributed by atoms with Gasteiger partial charge in [0.1, 0.15) is 0 Å². The molecule has 1 aliphatic heterocycles. The highest BCUT2D eigenvalue weighted by atomic mass is 19.4. The van der Waals surface area contributed by atoms with Crippen LogP contribution in [0.2, 0.25) is 0 Å². The van der Waals surface area contributed by atoms with Gasteiger partial charge in [-0.1, -0.05) is 30.3 Å². The summed E-state index contributed by atoms with van der Waals surface area (Å²) < 4.78 is 43.1. The lowest BCUT2D eigenvalue weighted by Gasteiger charge is -2.52. The van der Waals surface area contributed by atoms with E-state index in [0.717, 1.165) is 0 Å². The van der Waals surface area contributed by atoms with Crippen LogP contribution in [0.4, 0.5) is 13.2 Å². The Hall–Kier alpha value is -1.56. The number of hydrogen-bond donors (Lipinski definition) is 1. The van der Waals surface area contributed by atoms with E-state index >= 15 is 0 Å². The lowest BCUT2D eigenvalue weighted by molar-refractivity contribution is -0.372. The Kier molecular flexibility index (Phi) is 2.66. The number of halogens is 3. The Balaban J connectivity index is 2.29. The van der Waals surface area contributed by atoms with E-state index < -0.39 is 29.8 Å². The van der Waals surface area contributed by atoms with Crippen molar-refractivity contribution in [2.45, 2.75) is 30.7 Å². The minimum Gasteiger partial charge on any atom is -0.479 e. The second-order valence-corrected chi connectivity index (χ2v) is 4.51. The zero-order valence-corrected chi connectivity index (χ0v) is 9.49. The molecule has 0 aliphatic carbocycles. The number of carbonyl (C=O) groups is 1. The third kappa shape index (κ3) is 1.68. The second-order valence-electron chi connectivity index (χ2n) is 4.51. The van der Waals surface area contributed by atoms with Crippen LogP contribution in [0, 0.1) is 0 Å². The summed E-state index contributed by atoms with van der Waals surface area (Å²) >= 11 is 0. The molecule has 1 aromatic rings. The van der Waals surface area contributed by atoms with Gasteiger partial charge in [0, 0.05) is 6.42 Å². The first kappa shape index (κ1) is 12.9. The molecule has 0 radical (unpaired) electrons. The van der Waals surface area contributed by atoms with Crippen LogP contribution in [-0.4, -0.2) is 22.9 Å². The van der Waals surface area contributed by atoms with Gasteiger partial charge >= 0.3 is 12.1 Å². The molecule has 98 valence electrons. The topological polar surface area (TPSA) is 46.5 Å². The number of rotatable bonds is 2. The lowest BCUT2D eigenvalue weighted by Crippen LogP contribution is -2.68. The number of alkyl halides is 3. The molecular formula is C12H11F3O3. The Morgan fingerprint density at radius 2 is 1.83 bits per heavy atom. The maximum Gasteiger partial charge on any atom is 0.428 e. The van der Waals surface area contributed by atoms with Crippen LogP contribution >= 0.6 is 0 Å². The normalized spacial score (nSPS) is 31.8. The van der Waals surface area contributed by atoms with E-state index in [1.807, 2.05) is 0 Å². The average Bonchev–Trinajstić information content (AvgIpc) is 2.23. The molecule has 3 nitrogen and oxygen atoms in total. The summed E-state index contributed by atoms with van der Waals surface area (Å²) in [6.45, 7) is 1.45. The number of aliphatic carboxylic acids is 1. The fraction of sp³-hybridized carbons (Fsp3) is 0.417. The van der Waals surface area contributed by atoms with Gasteiger partial charge < -0.3 is 9.84 Å². The van der Waals surface area contributed by atoms with Crippen molar-refractivity contribution in [2.24, 2.45) is 0 Å². The summed E-state index contributed by atoms with van der Waals surface area (Å²) in [7, 11) is 0. The van der Waals surface area contributed by atoms with E-state index in [-0.39, 0.29) is 0 Å². The van der Waals surface area contributed by atoms with Crippen LogP contribution in [0.15, 0.2) is 30.3 Å². The van der Waals surface area contributed by atoms with Gasteiger partial charge in [-0.15, -0.1) is 0 Å². The third-order valence-electron chi connectivity index (χ3n) is 3.17. The van der Waals surface area contributed by atoms with E-state index in [4.69, 9.17) is 9.84 Å². The monoisotopic (exact) mass is 260 g/mol. The Morgan fingerprint density at radius 1 is 1.33 bits per heavy atom. The van der Waals surface area contributed by atoms with Gasteiger partial charge in [0.05, 0.1) is 5.60 Å². The molecule has 2 unspecified atom stereocenters. The van der Waals surface area contributed by atoms with E-state index in [1.165, 1.54) is 6.92 Å². The van der Waals surface area contributed by atoms with Gasteiger partial charge in [-0.05, 0) is 12.5 Å². The minimum atomic E-state index is -4.92. The van der Waals surface area contributed by atoms with Gasteiger partial charge in [-0.2, -0.15) is 13.2 Å². The molecule has 6 heteroatoms. The standard InChI is InChI=1S/C12H11F3O3/c1-10(8-5-3-2-4-6-8)7-11(18-10,9(16)17)12(13,14)15/h2-6H,7H2,1H3,(H,16,17). The molecule has 0 spiro atoms. The highest BCUT2D eigenvalue weighted by molar-refractivity contribution is 5.80. The Bertz CT molecular complexity index is 461. The SMILES string of the molecule is CC1(c2ccccc2)CC(C(=O)O)(C(F)(F)F)O1. The predicted molar refractivity (Wildman–Crippen MR) is 55.9 cm³/mol. The molecule has 0 aromatic heterocycles. The molecule has 0 amide bonds. The number of benzene rings is 1. The second kappa shape index (κ2) is 3.71. The molecule has 1 N–H and O–H groups in total. The average molecular weight is 260 g/mol. The number of carboxylic acid groups (broad SMARTS) is 1. The molecule has 1 heterocycles. The maximum atomic E-state index is 12.8. The van der Waals surface area contributed by atoms with Crippen LogP contribution in [0.3, 0.4) is 0 Å². The van der Waals surface area contributed by atoms with Crippen molar-refractivity contribution in [3.05, 3.63) is 35.9 Å². The third-order valence-corrected chi connectivity index (χ3v) is 3.17. The number of carboxylic acids is 1. The quantitative estimate of drug-likeness (QED) is 0.889. The first-order valence-corrected chi connectivity index (χ1v) is 5.27. The summed E-state index contributed by atoms with van der Waals surface area (Å²) in [5.74, 6) is -2.00. The van der Waals surface area contributed by atoms with Crippen molar-refractivity contribution >= 4 is 5.97 Å². The van der Waals surface area contributed by atoms with Gasteiger partial charge in [-0.3, -0.25) is 0 Å². The van der Waals surface area contributed by atoms with Crippen molar-refractivity contribution in [1.82, 2.24) is 0 Å². The van der Waals surface area contributed by atoms with Crippen LogP contribution in [-0.2, 0) is 15.1 Å². The molecule has 0 bridgehead atoms. The minimum absolute atomic E-state index is 0.533. The summed E-state index contributed by atoms with van der Waals surface area (Å²) in [4.78, 5) is 10.8. The summed E-state index contributed by atoms with van der Waals surface area (Å²) in [6.07, 6.45) is -5.55. The van der Waals surface area contributed by atoms with E-state index in [2.05, 4.69) is 0 Å². The zero-order chi connectivity index (χ0) is 13.6. The van der Waals surface area contributed by atoms with Crippen molar-refractivity contribution in [1.29, 1.82) is 0 Å². The predicted octanol–water partition coefficient (Wildman–Crippen LogP) is 2.71. The molecule has 18 heavy (non-hydrogen) atoms. The van der Waals surface area contributed by atoms with Gasteiger partial charge in [0.2, 0.25) is 0 Å². The molecule has 1 saturated heterocycles. The van der Waals surface area contributed by atoms with Crippen molar-refractivity contribution in [3.63, 3.8) is 0 Å². The van der Waals surface area contributed by atoms with Crippen LogP contribution in [0.1, 0.15) is 18.9 Å². The van der Waals surface area contributed by atoms with Crippen molar-refractivity contribution in [3.8, 4) is 0 Å². The molecule has 1 aliphatic rings. The van der Waals surface area contributed by atoms with Gasteiger partial charge in [-0.25, -0.2) is 4.79 Å². The van der Waals surface area contributed by atoms with Crippen molar-refractivity contribution in [2.75, 3.05) is 0 Å². The first-order chi connectivity index (χ1) is 8.21. The van der Waals surface area contributed by atoms with E-state index in [9.17, 15) is 18.0 Å². The number of hydrogen-bond acceptors (Lipinski definition) is 2. The molecule has 2 atom stereocenters. The molecule has 1 aromatic carbocycles. The largest absolute Gasteiger partial charge is 0.479 e. The van der Waals surface area contributed by atoms with Gasteiger partial charge in [0.15, 0.2) is 0 Å². The Morgan fingerprint density at radius 3 is 2.22 bits per heavy atom. The molecule has 1 fully saturated rings. The smallest absolute Gasteiger partial charge is 0.428 e. The first-order valence-electron chi connectivity index (χ1n) is 5.27. The molecule has 0 saturated carbocycles. The van der Waals surface area contributed by atoms with Crippen LogP contribution < -0.4 is 0 Å². The van der Waals surface area contributed by atoms with E-state index in [1.54, 1.807) is 30.3 Å². The summed E-state index contributed by atoms with van der Waals surface area (Å²) in [6, 6.07) is 8.28. The summed E-state index contributed by atoms with van der Waals surface area (Å²) in [5, 5.41) is 8.75. The number of ether oxygens (including phenoxy) is 1.